The molecule has 1 unspecified atom stereocenters. The normalized spacial score (nSPS) is 12.8. The van der Waals surface area contributed by atoms with E-state index in [0.29, 0.717) is 23.7 Å². The number of carbonyl (C=O) groups is 1. The summed E-state index contributed by atoms with van der Waals surface area (Å²) in [6.45, 7) is 6.08. The maximum Gasteiger partial charge on any atom is 0.254 e. The van der Waals surface area contributed by atoms with Crippen molar-refractivity contribution in [1.82, 2.24) is 5.32 Å². The average Bonchev–Trinajstić information content (AvgIpc) is 2.60. The van der Waals surface area contributed by atoms with E-state index in [1.54, 1.807) is 13.0 Å². The van der Waals surface area contributed by atoms with E-state index in [9.17, 15) is 9.90 Å². The lowest BCUT2D eigenvalue weighted by atomic mass is 10.1. The minimum absolute atomic E-state index is 0.200. The SMILES string of the molecule is Cc1occc1C(=O)NCC(O)CC(C)C. The average molecular weight is 225 g/mol. The number of aryl methyl sites for hydroxylation is 1. The van der Waals surface area contributed by atoms with Crippen molar-refractivity contribution in [2.24, 2.45) is 5.92 Å². The molecule has 0 aliphatic heterocycles. The Morgan fingerprint density at radius 1 is 1.56 bits per heavy atom. The first-order valence-electron chi connectivity index (χ1n) is 5.51. The largest absolute Gasteiger partial charge is 0.469 e. The second-order valence-corrected chi connectivity index (χ2v) is 4.38. The number of carbonyl (C=O) groups excluding carboxylic acids is 1. The smallest absolute Gasteiger partial charge is 0.254 e. The summed E-state index contributed by atoms with van der Waals surface area (Å²) in [7, 11) is 0. The van der Waals surface area contributed by atoms with Gasteiger partial charge in [0.2, 0.25) is 0 Å². The number of aliphatic hydroxyl groups excluding tert-OH is 1. The van der Waals surface area contributed by atoms with Crippen LogP contribution >= 0.6 is 0 Å². The first-order chi connectivity index (χ1) is 7.50. The topological polar surface area (TPSA) is 62.5 Å². The lowest BCUT2D eigenvalue weighted by Crippen LogP contribution is -2.32. The van der Waals surface area contributed by atoms with E-state index in [4.69, 9.17) is 4.42 Å². The number of hydrogen-bond donors (Lipinski definition) is 2. The molecule has 0 aliphatic rings. The molecule has 90 valence electrons. The molecule has 0 fully saturated rings. The van der Waals surface area contributed by atoms with Gasteiger partial charge in [-0.1, -0.05) is 13.8 Å². The Balaban J connectivity index is 2.39. The van der Waals surface area contributed by atoms with E-state index in [1.165, 1.54) is 6.26 Å². The molecule has 0 bridgehead atoms. The summed E-state index contributed by atoms with van der Waals surface area (Å²) in [5.41, 5.74) is 0.525. The molecule has 4 nitrogen and oxygen atoms in total. The number of aliphatic hydroxyl groups is 1. The third-order valence-electron chi connectivity index (χ3n) is 2.35. The van der Waals surface area contributed by atoms with Gasteiger partial charge in [0.25, 0.3) is 5.91 Å². The first kappa shape index (κ1) is 12.8. The molecule has 1 rings (SSSR count). The highest BCUT2D eigenvalue weighted by Gasteiger charge is 2.13. The van der Waals surface area contributed by atoms with Gasteiger partial charge in [0.1, 0.15) is 5.76 Å². The lowest BCUT2D eigenvalue weighted by molar-refractivity contribution is 0.0899. The van der Waals surface area contributed by atoms with Crippen LogP contribution in [0.25, 0.3) is 0 Å². The molecule has 0 spiro atoms. The summed E-state index contributed by atoms with van der Waals surface area (Å²) in [6.07, 6.45) is 1.68. The second-order valence-electron chi connectivity index (χ2n) is 4.38. The van der Waals surface area contributed by atoms with Crippen molar-refractivity contribution in [2.75, 3.05) is 6.54 Å². The zero-order valence-corrected chi connectivity index (χ0v) is 9.99. The Morgan fingerprint density at radius 3 is 2.75 bits per heavy atom. The zero-order valence-electron chi connectivity index (χ0n) is 9.99. The summed E-state index contributed by atoms with van der Waals surface area (Å²) < 4.78 is 5.03. The minimum Gasteiger partial charge on any atom is -0.469 e. The molecular formula is C12H19NO3. The molecule has 16 heavy (non-hydrogen) atoms. The number of nitrogens with one attached hydrogen (secondary N) is 1. The van der Waals surface area contributed by atoms with Gasteiger partial charge < -0.3 is 14.8 Å². The molecule has 0 saturated carbocycles. The van der Waals surface area contributed by atoms with Crippen molar-refractivity contribution in [2.45, 2.75) is 33.3 Å². The van der Waals surface area contributed by atoms with Crippen molar-refractivity contribution < 1.29 is 14.3 Å². The van der Waals surface area contributed by atoms with Gasteiger partial charge in [-0.05, 0) is 25.3 Å². The van der Waals surface area contributed by atoms with Gasteiger partial charge in [-0.15, -0.1) is 0 Å². The molecular weight excluding hydrogens is 206 g/mol. The number of amides is 1. The van der Waals surface area contributed by atoms with E-state index >= 15 is 0 Å². The molecule has 1 atom stereocenters. The highest BCUT2D eigenvalue weighted by Crippen LogP contribution is 2.08. The van der Waals surface area contributed by atoms with E-state index < -0.39 is 6.10 Å². The molecule has 1 amide bonds. The molecule has 0 aromatic carbocycles. The monoisotopic (exact) mass is 225 g/mol. The molecule has 1 heterocycles. The van der Waals surface area contributed by atoms with Crippen molar-refractivity contribution in [3.8, 4) is 0 Å². The molecule has 1 aromatic heterocycles. The molecule has 0 saturated heterocycles. The van der Waals surface area contributed by atoms with Crippen LogP contribution in [-0.2, 0) is 0 Å². The van der Waals surface area contributed by atoms with E-state index in [0.717, 1.165) is 0 Å². The molecule has 4 heteroatoms. The maximum atomic E-state index is 11.6. The quantitative estimate of drug-likeness (QED) is 0.802. The Kier molecular flexibility index (Phi) is 4.55. The maximum absolute atomic E-state index is 11.6. The van der Waals surface area contributed by atoms with E-state index in [1.807, 2.05) is 13.8 Å². The Hall–Kier alpha value is -1.29. The van der Waals surface area contributed by atoms with Gasteiger partial charge in [0.15, 0.2) is 0 Å². The summed E-state index contributed by atoms with van der Waals surface area (Å²) in [4.78, 5) is 11.6. The first-order valence-corrected chi connectivity index (χ1v) is 5.51. The standard InChI is InChI=1S/C12H19NO3/c1-8(2)6-10(14)7-13-12(15)11-4-5-16-9(11)3/h4-5,8,10,14H,6-7H2,1-3H3,(H,13,15). The van der Waals surface area contributed by atoms with Gasteiger partial charge >= 0.3 is 0 Å². The molecule has 2 N–H and O–H groups in total. The zero-order chi connectivity index (χ0) is 12.1. The predicted molar refractivity (Wildman–Crippen MR) is 61.2 cm³/mol. The van der Waals surface area contributed by atoms with Crippen LogP contribution in [0, 0.1) is 12.8 Å². The summed E-state index contributed by atoms with van der Waals surface area (Å²) in [5.74, 6) is 0.812. The summed E-state index contributed by atoms with van der Waals surface area (Å²) in [5, 5.41) is 12.3. The fourth-order valence-electron chi connectivity index (χ4n) is 1.55. The van der Waals surface area contributed by atoms with Crippen LogP contribution < -0.4 is 5.32 Å². The Labute approximate surface area is 95.7 Å². The molecule has 1 aromatic rings. The van der Waals surface area contributed by atoms with Crippen LogP contribution in [0.2, 0.25) is 0 Å². The molecule has 0 aliphatic carbocycles. The van der Waals surface area contributed by atoms with Crippen LogP contribution in [0.15, 0.2) is 16.7 Å². The Morgan fingerprint density at radius 2 is 2.25 bits per heavy atom. The highest BCUT2D eigenvalue weighted by atomic mass is 16.3. The van der Waals surface area contributed by atoms with E-state index in [2.05, 4.69) is 5.32 Å². The van der Waals surface area contributed by atoms with Crippen molar-refractivity contribution in [3.05, 3.63) is 23.7 Å². The van der Waals surface area contributed by atoms with Crippen LogP contribution in [-0.4, -0.2) is 23.7 Å². The van der Waals surface area contributed by atoms with Gasteiger partial charge in [-0.3, -0.25) is 4.79 Å². The molecule has 0 radical (unpaired) electrons. The second kappa shape index (κ2) is 5.70. The van der Waals surface area contributed by atoms with Crippen molar-refractivity contribution in [1.29, 1.82) is 0 Å². The van der Waals surface area contributed by atoms with Crippen molar-refractivity contribution >= 4 is 5.91 Å². The number of hydrogen-bond acceptors (Lipinski definition) is 3. The van der Waals surface area contributed by atoms with Crippen LogP contribution in [0.3, 0.4) is 0 Å². The minimum atomic E-state index is -0.490. The third-order valence-corrected chi connectivity index (χ3v) is 2.35. The van der Waals surface area contributed by atoms with E-state index in [-0.39, 0.29) is 12.5 Å². The van der Waals surface area contributed by atoms with Crippen molar-refractivity contribution in [3.63, 3.8) is 0 Å². The lowest BCUT2D eigenvalue weighted by Gasteiger charge is -2.13. The van der Waals surface area contributed by atoms with Gasteiger partial charge in [0.05, 0.1) is 17.9 Å². The predicted octanol–water partition coefficient (Wildman–Crippen LogP) is 1.72. The summed E-state index contributed by atoms with van der Waals surface area (Å²) >= 11 is 0. The van der Waals surface area contributed by atoms with Crippen LogP contribution in [0.4, 0.5) is 0 Å². The summed E-state index contributed by atoms with van der Waals surface area (Å²) in [6, 6.07) is 1.62. The number of furan rings is 1. The van der Waals surface area contributed by atoms with Gasteiger partial charge in [-0.25, -0.2) is 0 Å². The Bertz CT molecular complexity index is 344. The number of rotatable bonds is 5. The van der Waals surface area contributed by atoms with Gasteiger partial charge in [-0.2, -0.15) is 0 Å². The van der Waals surface area contributed by atoms with Crippen LogP contribution in [0.1, 0.15) is 36.4 Å². The highest BCUT2D eigenvalue weighted by molar-refractivity contribution is 5.95. The van der Waals surface area contributed by atoms with Crippen LogP contribution in [0.5, 0.6) is 0 Å². The third kappa shape index (κ3) is 3.70. The van der Waals surface area contributed by atoms with Gasteiger partial charge in [0, 0.05) is 6.54 Å². The fraction of sp³-hybridized carbons (Fsp3) is 0.583. The fourth-order valence-corrected chi connectivity index (χ4v) is 1.55.